The Morgan fingerprint density at radius 3 is 2.35 bits per heavy atom. The molecule has 0 fully saturated rings. The largest absolute Gasteiger partial charge is 0.378 e. The van der Waals surface area contributed by atoms with Gasteiger partial charge in [0.15, 0.2) is 0 Å². The van der Waals surface area contributed by atoms with Crippen molar-refractivity contribution in [3.8, 4) is 0 Å². The highest BCUT2D eigenvalue weighted by molar-refractivity contribution is 7.96. The highest BCUT2D eigenvalue weighted by Crippen LogP contribution is 2.27. The Labute approximate surface area is 108 Å². The van der Waals surface area contributed by atoms with Crippen LogP contribution in [0.5, 0.6) is 0 Å². The molecule has 0 bridgehead atoms. The number of thiol groups is 1. The minimum absolute atomic E-state index is 0.306. The zero-order valence-electron chi connectivity index (χ0n) is 11.4. The Balaban J connectivity index is 2.97. The molecule has 0 heterocycles. The van der Waals surface area contributed by atoms with E-state index >= 15 is 0 Å². The zero-order chi connectivity index (χ0) is 13.0. The first-order chi connectivity index (χ1) is 7.95. The van der Waals surface area contributed by atoms with Gasteiger partial charge in [0, 0.05) is 30.4 Å². The van der Waals surface area contributed by atoms with Gasteiger partial charge >= 0.3 is 0 Å². The monoisotopic (exact) mass is 253 g/mol. The van der Waals surface area contributed by atoms with E-state index in [0.29, 0.717) is 6.17 Å². The van der Waals surface area contributed by atoms with E-state index in [2.05, 4.69) is 74.3 Å². The van der Waals surface area contributed by atoms with Gasteiger partial charge in [0.25, 0.3) is 0 Å². The molecule has 17 heavy (non-hydrogen) atoms. The lowest BCUT2D eigenvalue weighted by Crippen LogP contribution is -2.32. The van der Waals surface area contributed by atoms with Crippen molar-refractivity contribution in [3.63, 3.8) is 0 Å². The van der Waals surface area contributed by atoms with Crippen molar-refractivity contribution in [3.05, 3.63) is 18.2 Å². The second-order valence-electron chi connectivity index (χ2n) is 4.54. The van der Waals surface area contributed by atoms with Crippen LogP contribution in [-0.2, 0) is 0 Å². The Kier molecular flexibility index (Phi) is 5.02. The summed E-state index contributed by atoms with van der Waals surface area (Å²) in [6.45, 7) is 2.14. The number of hydrogen-bond donors (Lipinski definition) is 2. The topological polar surface area (TPSA) is 18.5 Å². The lowest BCUT2D eigenvalue weighted by molar-refractivity contribution is 0.343. The first-order valence-corrected chi connectivity index (χ1v) is 6.74. The number of rotatable bonds is 5. The van der Waals surface area contributed by atoms with Gasteiger partial charge in [-0.3, -0.25) is 4.90 Å². The van der Waals surface area contributed by atoms with Gasteiger partial charge in [-0.05, 0) is 39.2 Å². The molecule has 0 saturated heterocycles. The van der Waals surface area contributed by atoms with Crippen LogP contribution in [0.4, 0.5) is 11.4 Å². The summed E-state index contributed by atoms with van der Waals surface area (Å²) in [6.07, 6.45) is 0.306. The van der Waals surface area contributed by atoms with Gasteiger partial charge in [-0.25, -0.2) is 0 Å². The second-order valence-corrected chi connectivity index (χ2v) is 5.34. The van der Waals surface area contributed by atoms with E-state index < -0.39 is 0 Å². The Bertz CT molecular complexity index is 388. The summed E-state index contributed by atoms with van der Waals surface area (Å²) in [5, 5.41) is 3.49. The molecule has 3 nitrogen and oxygen atoms in total. The summed E-state index contributed by atoms with van der Waals surface area (Å²) in [6, 6.07) is 6.43. The molecule has 4 heteroatoms. The van der Waals surface area contributed by atoms with Gasteiger partial charge in [-0.15, -0.1) is 0 Å². The fourth-order valence-corrected chi connectivity index (χ4v) is 1.94. The Morgan fingerprint density at radius 2 is 1.88 bits per heavy atom. The molecule has 0 saturated carbocycles. The van der Waals surface area contributed by atoms with Crippen molar-refractivity contribution < 1.29 is 0 Å². The minimum Gasteiger partial charge on any atom is -0.378 e. The second kappa shape index (κ2) is 6.07. The van der Waals surface area contributed by atoms with Gasteiger partial charge < -0.3 is 10.2 Å². The van der Waals surface area contributed by atoms with Crippen LogP contribution >= 0.6 is 11.4 Å². The van der Waals surface area contributed by atoms with Crippen molar-refractivity contribution in [1.82, 2.24) is 4.90 Å². The first-order valence-electron chi connectivity index (χ1n) is 5.66. The molecule has 0 aliphatic rings. The van der Waals surface area contributed by atoms with Crippen LogP contribution in [0, 0.1) is 0 Å². The predicted octanol–water partition coefficient (Wildman–Crippen LogP) is 2.33. The normalized spacial score (nSPS) is 12.6. The SMILES string of the molecule is C=[SH]c1cc(N(C)C)ccc1NC(C)N(C)C. The van der Waals surface area contributed by atoms with E-state index in [4.69, 9.17) is 0 Å². The number of nitrogens with one attached hydrogen (secondary N) is 1. The fourth-order valence-electron chi connectivity index (χ4n) is 1.41. The molecule has 1 aromatic rings. The number of nitrogens with zero attached hydrogens (tertiary/aromatic N) is 2. The standard InChI is InChI=1S/C13H23N3S/c1-10(15(2)3)14-12-8-7-11(16(4)5)9-13(12)17-6/h7-10,14,17H,6H2,1-5H3. The van der Waals surface area contributed by atoms with Crippen LogP contribution in [0.2, 0.25) is 0 Å². The summed E-state index contributed by atoms with van der Waals surface area (Å²) in [4.78, 5) is 5.47. The van der Waals surface area contributed by atoms with Crippen molar-refractivity contribution >= 4 is 28.6 Å². The molecule has 0 aliphatic heterocycles. The highest BCUT2D eigenvalue weighted by atomic mass is 32.1. The third-order valence-corrected chi connectivity index (χ3v) is 3.52. The van der Waals surface area contributed by atoms with Crippen LogP contribution in [0.3, 0.4) is 0 Å². The molecule has 0 amide bonds. The van der Waals surface area contributed by atoms with Gasteiger partial charge in [-0.2, -0.15) is 11.4 Å². The maximum atomic E-state index is 3.97. The van der Waals surface area contributed by atoms with Gasteiger partial charge in [0.2, 0.25) is 0 Å². The molecule has 1 N–H and O–H groups in total. The van der Waals surface area contributed by atoms with Gasteiger partial charge in [0.1, 0.15) is 0 Å². The summed E-state index contributed by atoms with van der Waals surface area (Å²) in [5.41, 5.74) is 2.37. The quantitative estimate of drug-likeness (QED) is 0.477. The molecule has 1 aromatic carbocycles. The molecule has 1 unspecified atom stereocenters. The highest BCUT2D eigenvalue weighted by Gasteiger charge is 2.07. The number of anilines is 2. The summed E-state index contributed by atoms with van der Waals surface area (Å²) < 4.78 is 0. The van der Waals surface area contributed by atoms with Gasteiger partial charge in [-0.1, -0.05) is 5.87 Å². The zero-order valence-corrected chi connectivity index (χ0v) is 12.3. The molecular weight excluding hydrogens is 230 g/mol. The number of hydrogen-bond acceptors (Lipinski definition) is 3. The maximum Gasteiger partial charge on any atom is 0.0759 e. The molecular formula is C13H23N3S. The lowest BCUT2D eigenvalue weighted by atomic mass is 10.2. The van der Waals surface area contributed by atoms with Crippen molar-refractivity contribution in [2.45, 2.75) is 18.0 Å². The Hall–Kier alpha value is -1.00. The van der Waals surface area contributed by atoms with Crippen LogP contribution in [0.25, 0.3) is 0 Å². The van der Waals surface area contributed by atoms with Crippen LogP contribution in [0.1, 0.15) is 6.92 Å². The van der Waals surface area contributed by atoms with E-state index in [1.165, 1.54) is 10.6 Å². The molecule has 1 atom stereocenters. The first kappa shape index (κ1) is 14.1. The van der Waals surface area contributed by atoms with E-state index in [1.807, 2.05) is 0 Å². The third kappa shape index (κ3) is 3.75. The average molecular weight is 253 g/mol. The minimum atomic E-state index is 0.306. The van der Waals surface area contributed by atoms with Crippen molar-refractivity contribution in [1.29, 1.82) is 0 Å². The average Bonchev–Trinajstić information content (AvgIpc) is 2.28. The maximum absolute atomic E-state index is 3.97. The molecule has 1 rings (SSSR count). The van der Waals surface area contributed by atoms with Crippen LogP contribution in [0.15, 0.2) is 23.1 Å². The van der Waals surface area contributed by atoms with Gasteiger partial charge in [0.05, 0.1) is 6.17 Å². The van der Waals surface area contributed by atoms with E-state index in [-0.39, 0.29) is 0 Å². The predicted molar refractivity (Wildman–Crippen MR) is 81.9 cm³/mol. The number of benzene rings is 1. The summed E-state index contributed by atoms with van der Waals surface area (Å²) in [7, 11) is 8.23. The van der Waals surface area contributed by atoms with Crippen molar-refractivity contribution in [2.75, 3.05) is 38.4 Å². The molecule has 0 aromatic heterocycles. The van der Waals surface area contributed by atoms with E-state index in [1.54, 1.807) is 0 Å². The molecule has 0 radical (unpaired) electrons. The smallest absolute Gasteiger partial charge is 0.0759 e. The van der Waals surface area contributed by atoms with Crippen molar-refractivity contribution in [2.24, 2.45) is 0 Å². The molecule has 0 spiro atoms. The molecule has 0 aliphatic carbocycles. The van der Waals surface area contributed by atoms with Crippen LogP contribution in [-0.4, -0.2) is 45.1 Å². The Morgan fingerprint density at radius 1 is 1.24 bits per heavy atom. The molecule has 96 valence electrons. The lowest BCUT2D eigenvalue weighted by Gasteiger charge is -2.24. The van der Waals surface area contributed by atoms with Crippen LogP contribution < -0.4 is 10.2 Å². The summed E-state index contributed by atoms with van der Waals surface area (Å²) in [5.74, 6) is 3.97. The van der Waals surface area contributed by atoms with E-state index in [0.717, 1.165) is 17.0 Å². The van der Waals surface area contributed by atoms with E-state index in [9.17, 15) is 0 Å². The summed E-state index contributed by atoms with van der Waals surface area (Å²) >= 11 is 1.04. The fraction of sp³-hybridized carbons (Fsp3) is 0.462. The third-order valence-electron chi connectivity index (χ3n) is 2.81.